The van der Waals surface area contributed by atoms with Crippen molar-refractivity contribution in [1.29, 1.82) is 0 Å². The van der Waals surface area contributed by atoms with Crippen molar-refractivity contribution < 1.29 is 14.6 Å². The molecule has 0 bridgehead atoms. The smallest absolute Gasteiger partial charge is 0.255 e. The van der Waals surface area contributed by atoms with Gasteiger partial charge in [-0.05, 0) is 48.4 Å². The van der Waals surface area contributed by atoms with Crippen molar-refractivity contribution in [3.8, 4) is 11.5 Å². The Hall–Kier alpha value is -2.69. The average molecular weight is 284 g/mol. The van der Waals surface area contributed by atoms with Gasteiger partial charge in [0.2, 0.25) is 0 Å². The fourth-order valence-electron chi connectivity index (χ4n) is 2.42. The molecule has 5 heteroatoms. The molecule has 1 heterocycles. The molecule has 0 fully saturated rings. The summed E-state index contributed by atoms with van der Waals surface area (Å²) in [5.41, 5.74) is 3.45. The number of benzene rings is 2. The van der Waals surface area contributed by atoms with Crippen molar-refractivity contribution in [1.82, 2.24) is 0 Å². The van der Waals surface area contributed by atoms with E-state index in [9.17, 15) is 9.90 Å². The van der Waals surface area contributed by atoms with Crippen molar-refractivity contribution in [3.63, 3.8) is 0 Å². The molecule has 0 unspecified atom stereocenters. The number of hydrogen-bond donors (Lipinski definition) is 3. The number of hydrogen-bond acceptors (Lipinski definition) is 4. The summed E-state index contributed by atoms with van der Waals surface area (Å²) in [6.07, 6.45) is 0.961. The van der Waals surface area contributed by atoms with Crippen LogP contribution < -0.4 is 15.4 Å². The van der Waals surface area contributed by atoms with Crippen LogP contribution in [0.4, 0.5) is 11.4 Å². The van der Waals surface area contributed by atoms with E-state index < -0.39 is 0 Å². The SMILES string of the molecule is COc1ccc(C(=O)Nc2ccc3c(c2)CCN3)cc1O. The summed E-state index contributed by atoms with van der Waals surface area (Å²) in [6.45, 7) is 0.930. The molecule has 0 saturated heterocycles. The van der Waals surface area contributed by atoms with Gasteiger partial charge in [-0.2, -0.15) is 0 Å². The Kier molecular flexibility index (Phi) is 3.39. The Labute approximate surface area is 122 Å². The van der Waals surface area contributed by atoms with Gasteiger partial charge in [-0.3, -0.25) is 4.79 Å². The monoisotopic (exact) mass is 284 g/mol. The Balaban J connectivity index is 1.78. The molecule has 21 heavy (non-hydrogen) atoms. The zero-order chi connectivity index (χ0) is 14.8. The van der Waals surface area contributed by atoms with E-state index in [4.69, 9.17) is 4.74 Å². The number of carbonyl (C=O) groups excluding carboxylic acids is 1. The number of amides is 1. The number of phenolic OH excluding ortho intramolecular Hbond substituents is 1. The second-order valence-electron chi connectivity index (χ2n) is 4.89. The molecule has 3 N–H and O–H groups in total. The normalized spacial score (nSPS) is 12.4. The van der Waals surface area contributed by atoms with E-state index in [2.05, 4.69) is 10.6 Å². The average Bonchev–Trinajstić information content (AvgIpc) is 2.94. The lowest BCUT2D eigenvalue weighted by Gasteiger charge is -2.09. The molecule has 0 radical (unpaired) electrons. The highest BCUT2D eigenvalue weighted by Crippen LogP contribution is 2.28. The van der Waals surface area contributed by atoms with Gasteiger partial charge < -0.3 is 20.5 Å². The number of phenols is 1. The standard InChI is InChI=1S/C16H16N2O3/c1-21-15-5-2-11(9-14(15)19)16(20)18-12-3-4-13-10(8-12)6-7-17-13/h2-5,8-9,17,19H,6-7H2,1H3,(H,18,20). The Morgan fingerprint density at radius 2 is 2.14 bits per heavy atom. The fraction of sp³-hybridized carbons (Fsp3) is 0.188. The molecule has 0 atom stereocenters. The Morgan fingerprint density at radius 3 is 2.90 bits per heavy atom. The summed E-state index contributed by atoms with van der Waals surface area (Å²) < 4.78 is 4.96. The second kappa shape index (κ2) is 5.36. The molecule has 5 nitrogen and oxygen atoms in total. The van der Waals surface area contributed by atoms with Crippen LogP contribution in [-0.2, 0) is 6.42 Å². The highest BCUT2D eigenvalue weighted by atomic mass is 16.5. The lowest BCUT2D eigenvalue weighted by atomic mass is 10.1. The van der Waals surface area contributed by atoms with Gasteiger partial charge in [0.1, 0.15) is 0 Å². The van der Waals surface area contributed by atoms with E-state index >= 15 is 0 Å². The van der Waals surface area contributed by atoms with Crippen LogP contribution in [0.2, 0.25) is 0 Å². The highest BCUT2D eigenvalue weighted by molar-refractivity contribution is 6.04. The summed E-state index contributed by atoms with van der Waals surface area (Å²) in [5.74, 6) is 0.0253. The molecule has 0 aromatic heterocycles. The van der Waals surface area contributed by atoms with E-state index in [0.717, 1.165) is 24.3 Å². The summed E-state index contributed by atoms with van der Waals surface area (Å²) in [6, 6.07) is 10.4. The fourth-order valence-corrected chi connectivity index (χ4v) is 2.42. The molecule has 0 aliphatic carbocycles. The van der Waals surface area contributed by atoms with Gasteiger partial charge in [0.05, 0.1) is 7.11 Å². The van der Waals surface area contributed by atoms with Crippen LogP contribution >= 0.6 is 0 Å². The van der Waals surface area contributed by atoms with Crippen LogP contribution in [0.3, 0.4) is 0 Å². The Morgan fingerprint density at radius 1 is 1.29 bits per heavy atom. The third kappa shape index (κ3) is 2.63. The summed E-state index contributed by atoms with van der Waals surface area (Å²) in [4.78, 5) is 12.2. The maximum atomic E-state index is 12.2. The largest absolute Gasteiger partial charge is 0.504 e. The highest BCUT2D eigenvalue weighted by Gasteiger charge is 2.13. The van der Waals surface area contributed by atoms with Crippen LogP contribution in [0.1, 0.15) is 15.9 Å². The predicted octanol–water partition coefficient (Wildman–Crippen LogP) is 2.62. The number of rotatable bonds is 3. The number of aromatic hydroxyl groups is 1. The molecule has 0 saturated carbocycles. The minimum Gasteiger partial charge on any atom is -0.504 e. The minimum atomic E-state index is -0.265. The summed E-state index contributed by atoms with van der Waals surface area (Å²) in [5, 5.41) is 15.8. The first kappa shape index (κ1) is 13.3. The van der Waals surface area contributed by atoms with Gasteiger partial charge >= 0.3 is 0 Å². The predicted molar refractivity (Wildman–Crippen MR) is 81.2 cm³/mol. The third-order valence-corrected chi connectivity index (χ3v) is 3.51. The van der Waals surface area contributed by atoms with Crippen LogP contribution in [-0.4, -0.2) is 24.7 Å². The number of anilines is 2. The van der Waals surface area contributed by atoms with Gasteiger partial charge in [0, 0.05) is 23.5 Å². The maximum absolute atomic E-state index is 12.2. The first-order valence-corrected chi connectivity index (χ1v) is 6.72. The van der Waals surface area contributed by atoms with Crippen molar-refractivity contribution in [2.45, 2.75) is 6.42 Å². The van der Waals surface area contributed by atoms with Crippen molar-refractivity contribution in [3.05, 3.63) is 47.5 Å². The van der Waals surface area contributed by atoms with Crippen LogP contribution in [0.5, 0.6) is 11.5 Å². The zero-order valence-electron chi connectivity index (χ0n) is 11.6. The second-order valence-corrected chi connectivity index (χ2v) is 4.89. The molecule has 0 spiro atoms. The zero-order valence-corrected chi connectivity index (χ0v) is 11.6. The minimum absolute atomic E-state index is 0.0525. The van der Waals surface area contributed by atoms with Crippen molar-refractivity contribution in [2.75, 3.05) is 24.3 Å². The number of ether oxygens (including phenoxy) is 1. The molecule has 1 amide bonds. The maximum Gasteiger partial charge on any atom is 0.255 e. The first-order chi connectivity index (χ1) is 10.2. The molecule has 1 aliphatic heterocycles. The van der Waals surface area contributed by atoms with Crippen LogP contribution in [0, 0.1) is 0 Å². The summed E-state index contributed by atoms with van der Waals surface area (Å²) >= 11 is 0. The molecule has 2 aromatic carbocycles. The molecular weight excluding hydrogens is 268 g/mol. The van der Waals surface area contributed by atoms with E-state index in [0.29, 0.717) is 11.3 Å². The quantitative estimate of drug-likeness (QED) is 0.810. The van der Waals surface area contributed by atoms with Gasteiger partial charge in [-0.15, -0.1) is 0 Å². The van der Waals surface area contributed by atoms with Gasteiger partial charge in [-0.1, -0.05) is 0 Å². The van der Waals surface area contributed by atoms with Crippen molar-refractivity contribution in [2.24, 2.45) is 0 Å². The van der Waals surface area contributed by atoms with E-state index in [1.807, 2.05) is 18.2 Å². The van der Waals surface area contributed by atoms with Crippen LogP contribution in [0.25, 0.3) is 0 Å². The van der Waals surface area contributed by atoms with Gasteiger partial charge in [0.15, 0.2) is 11.5 Å². The van der Waals surface area contributed by atoms with Crippen LogP contribution in [0.15, 0.2) is 36.4 Å². The van der Waals surface area contributed by atoms with Gasteiger partial charge in [-0.25, -0.2) is 0 Å². The van der Waals surface area contributed by atoms with E-state index in [-0.39, 0.29) is 11.7 Å². The first-order valence-electron chi connectivity index (χ1n) is 6.72. The molecule has 3 rings (SSSR count). The van der Waals surface area contributed by atoms with E-state index in [1.54, 1.807) is 12.1 Å². The van der Waals surface area contributed by atoms with E-state index in [1.165, 1.54) is 18.7 Å². The topological polar surface area (TPSA) is 70.6 Å². The third-order valence-electron chi connectivity index (χ3n) is 3.51. The molecular formula is C16H16N2O3. The number of nitrogens with one attached hydrogen (secondary N) is 2. The summed E-state index contributed by atoms with van der Waals surface area (Å²) in [7, 11) is 1.47. The number of carbonyl (C=O) groups is 1. The molecule has 1 aliphatic rings. The molecule has 2 aromatic rings. The number of methoxy groups -OCH3 is 1. The van der Waals surface area contributed by atoms with Crippen molar-refractivity contribution >= 4 is 17.3 Å². The lowest BCUT2D eigenvalue weighted by Crippen LogP contribution is -2.11. The Bertz CT molecular complexity index is 698. The lowest BCUT2D eigenvalue weighted by molar-refractivity contribution is 0.102. The number of fused-ring (bicyclic) bond motifs is 1. The molecule has 108 valence electrons. The van der Waals surface area contributed by atoms with Gasteiger partial charge in [0.25, 0.3) is 5.91 Å².